The van der Waals surface area contributed by atoms with Crippen molar-refractivity contribution in [2.45, 2.75) is 13.8 Å². The average molecular weight is 355 g/mol. The summed E-state index contributed by atoms with van der Waals surface area (Å²) in [7, 11) is 1.64. The lowest BCUT2D eigenvalue weighted by Crippen LogP contribution is -2.49. The van der Waals surface area contributed by atoms with Gasteiger partial charge in [0.25, 0.3) is 5.56 Å². The van der Waals surface area contributed by atoms with Crippen LogP contribution in [0.25, 0.3) is 0 Å². The van der Waals surface area contributed by atoms with Crippen LogP contribution in [0.5, 0.6) is 0 Å². The SMILES string of the molecule is Cc1cccc(NC(=O)CN2CCN(c3cnn(C)c(=O)c3)CC2)c1C. The van der Waals surface area contributed by atoms with Gasteiger partial charge >= 0.3 is 0 Å². The number of rotatable bonds is 4. The van der Waals surface area contributed by atoms with Gasteiger partial charge < -0.3 is 10.2 Å². The van der Waals surface area contributed by atoms with Crippen molar-refractivity contribution in [1.29, 1.82) is 0 Å². The van der Waals surface area contributed by atoms with Gasteiger partial charge in [0.2, 0.25) is 5.91 Å². The van der Waals surface area contributed by atoms with Crippen LogP contribution in [-0.4, -0.2) is 53.3 Å². The van der Waals surface area contributed by atoms with E-state index < -0.39 is 0 Å². The van der Waals surface area contributed by atoms with Crippen LogP contribution in [0, 0.1) is 13.8 Å². The molecule has 1 saturated heterocycles. The molecule has 1 aliphatic heterocycles. The number of nitrogens with one attached hydrogen (secondary N) is 1. The summed E-state index contributed by atoms with van der Waals surface area (Å²) < 4.78 is 1.32. The van der Waals surface area contributed by atoms with Gasteiger partial charge in [0.05, 0.1) is 18.4 Å². The third kappa shape index (κ3) is 4.11. The molecular formula is C19H25N5O2. The van der Waals surface area contributed by atoms with Gasteiger partial charge in [0, 0.05) is 45.0 Å². The normalized spacial score (nSPS) is 15.1. The number of benzene rings is 1. The van der Waals surface area contributed by atoms with Crippen LogP contribution in [0.2, 0.25) is 0 Å². The van der Waals surface area contributed by atoms with E-state index >= 15 is 0 Å². The fraction of sp³-hybridized carbons (Fsp3) is 0.421. The standard InChI is InChI=1S/C19H25N5O2/c1-14-5-4-6-17(15(14)2)21-18(25)13-23-7-9-24(10-8-23)16-11-19(26)22(3)20-12-16/h4-6,11-12H,7-10,13H2,1-3H3,(H,21,25). The summed E-state index contributed by atoms with van der Waals surface area (Å²) in [4.78, 5) is 28.3. The monoisotopic (exact) mass is 355 g/mol. The maximum Gasteiger partial charge on any atom is 0.268 e. The van der Waals surface area contributed by atoms with E-state index in [0.717, 1.165) is 43.1 Å². The van der Waals surface area contributed by atoms with Gasteiger partial charge in [0.15, 0.2) is 0 Å². The second-order valence-electron chi connectivity index (χ2n) is 6.73. The molecule has 1 aliphatic rings. The van der Waals surface area contributed by atoms with E-state index in [9.17, 15) is 9.59 Å². The lowest BCUT2D eigenvalue weighted by molar-refractivity contribution is -0.117. The summed E-state index contributed by atoms with van der Waals surface area (Å²) in [5.74, 6) is 0.00222. The number of carbonyl (C=O) groups excluding carboxylic acids is 1. The van der Waals surface area contributed by atoms with Gasteiger partial charge in [-0.25, -0.2) is 4.68 Å². The minimum Gasteiger partial charge on any atom is -0.368 e. The first-order chi connectivity index (χ1) is 12.4. The Bertz CT molecular complexity index is 853. The molecule has 0 aliphatic carbocycles. The molecule has 0 radical (unpaired) electrons. The number of hydrogen-bond donors (Lipinski definition) is 1. The first-order valence-corrected chi connectivity index (χ1v) is 8.81. The van der Waals surface area contributed by atoms with Crippen molar-refractivity contribution in [1.82, 2.24) is 14.7 Å². The first-order valence-electron chi connectivity index (χ1n) is 8.81. The molecule has 1 fully saturated rings. The topological polar surface area (TPSA) is 70.5 Å². The Labute approximate surface area is 153 Å². The second-order valence-corrected chi connectivity index (χ2v) is 6.73. The summed E-state index contributed by atoms with van der Waals surface area (Å²) in [5, 5.41) is 7.07. The Kier molecular flexibility index (Phi) is 5.37. The van der Waals surface area contributed by atoms with Crippen LogP contribution >= 0.6 is 0 Å². The lowest BCUT2D eigenvalue weighted by atomic mass is 10.1. The van der Waals surface area contributed by atoms with Crippen LogP contribution < -0.4 is 15.8 Å². The highest BCUT2D eigenvalue weighted by molar-refractivity contribution is 5.93. The Balaban J connectivity index is 1.53. The highest BCUT2D eigenvalue weighted by Crippen LogP contribution is 2.18. The van der Waals surface area contributed by atoms with Crippen molar-refractivity contribution in [3.05, 3.63) is 51.9 Å². The van der Waals surface area contributed by atoms with Gasteiger partial charge in [-0.05, 0) is 31.0 Å². The number of nitrogens with zero attached hydrogens (tertiary/aromatic N) is 4. The van der Waals surface area contributed by atoms with Crippen LogP contribution in [0.4, 0.5) is 11.4 Å². The molecular weight excluding hydrogens is 330 g/mol. The molecule has 26 heavy (non-hydrogen) atoms. The molecule has 3 rings (SSSR count). The van der Waals surface area contributed by atoms with E-state index in [-0.39, 0.29) is 11.5 Å². The van der Waals surface area contributed by atoms with Gasteiger partial charge in [-0.15, -0.1) is 0 Å². The van der Waals surface area contributed by atoms with E-state index in [0.29, 0.717) is 6.54 Å². The van der Waals surface area contributed by atoms with Gasteiger partial charge in [0.1, 0.15) is 0 Å². The van der Waals surface area contributed by atoms with Gasteiger partial charge in [-0.2, -0.15) is 5.10 Å². The quantitative estimate of drug-likeness (QED) is 0.891. The Morgan fingerprint density at radius 3 is 2.62 bits per heavy atom. The van der Waals surface area contributed by atoms with E-state index in [1.807, 2.05) is 32.0 Å². The highest BCUT2D eigenvalue weighted by Gasteiger charge is 2.20. The maximum atomic E-state index is 12.4. The number of amides is 1. The minimum atomic E-state index is -0.113. The molecule has 1 N–H and O–H groups in total. The molecule has 1 aromatic carbocycles. The summed E-state index contributed by atoms with van der Waals surface area (Å²) in [6.45, 7) is 7.51. The molecule has 7 heteroatoms. The summed E-state index contributed by atoms with van der Waals surface area (Å²) in [6.07, 6.45) is 1.71. The Morgan fingerprint density at radius 1 is 1.19 bits per heavy atom. The van der Waals surface area contributed by atoms with Crippen LogP contribution in [-0.2, 0) is 11.8 Å². The van der Waals surface area contributed by atoms with E-state index in [2.05, 4.69) is 20.2 Å². The molecule has 0 bridgehead atoms. The molecule has 0 unspecified atom stereocenters. The van der Waals surface area contributed by atoms with Crippen LogP contribution in [0.15, 0.2) is 35.3 Å². The molecule has 2 aromatic rings. The number of carbonyl (C=O) groups is 1. The van der Waals surface area contributed by atoms with Crippen molar-refractivity contribution in [3.63, 3.8) is 0 Å². The zero-order valence-electron chi connectivity index (χ0n) is 15.5. The van der Waals surface area contributed by atoms with Gasteiger partial charge in [-0.3, -0.25) is 14.5 Å². The summed E-state index contributed by atoms with van der Waals surface area (Å²) >= 11 is 0. The van der Waals surface area contributed by atoms with E-state index in [4.69, 9.17) is 0 Å². The average Bonchev–Trinajstić information content (AvgIpc) is 2.62. The molecule has 7 nitrogen and oxygen atoms in total. The summed E-state index contributed by atoms with van der Waals surface area (Å²) in [6, 6.07) is 7.53. The van der Waals surface area contributed by atoms with Crippen molar-refractivity contribution in [2.75, 3.05) is 42.9 Å². The third-order valence-corrected chi connectivity index (χ3v) is 4.94. The Morgan fingerprint density at radius 2 is 1.92 bits per heavy atom. The molecule has 0 atom stereocenters. The Hall–Kier alpha value is -2.67. The predicted molar refractivity (Wildman–Crippen MR) is 103 cm³/mol. The van der Waals surface area contributed by atoms with Crippen molar-refractivity contribution in [3.8, 4) is 0 Å². The summed E-state index contributed by atoms with van der Waals surface area (Å²) in [5.41, 5.74) is 3.87. The lowest BCUT2D eigenvalue weighted by Gasteiger charge is -2.35. The molecule has 2 heterocycles. The minimum absolute atomic E-state index is 0.00222. The second kappa shape index (κ2) is 7.70. The first kappa shape index (κ1) is 18.1. The fourth-order valence-corrected chi connectivity index (χ4v) is 3.08. The van der Waals surface area contributed by atoms with E-state index in [1.165, 1.54) is 10.2 Å². The number of aromatic nitrogens is 2. The van der Waals surface area contributed by atoms with Crippen molar-refractivity contribution in [2.24, 2.45) is 7.05 Å². The van der Waals surface area contributed by atoms with Crippen molar-refractivity contribution < 1.29 is 4.79 Å². The molecule has 1 amide bonds. The van der Waals surface area contributed by atoms with Gasteiger partial charge in [-0.1, -0.05) is 12.1 Å². The number of hydrogen-bond acceptors (Lipinski definition) is 5. The molecule has 138 valence electrons. The fourth-order valence-electron chi connectivity index (χ4n) is 3.08. The molecule has 0 spiro atoms. The number of anilines is 2. The number of piperazine rings is 1. The third-order valence-electron chi connectivity index (χ3n) is 4.94. The molecule has 0 saturated carbocycles. The zero-order chi connectivity index (χ0) is 18.7. The largest absolute Gasteiger partial charge is 0.368 e. The predicted octanol–water partition coefficient (Wildman–Crippen LogP) is 1.16. The van der Waals surface area contributed by atoms with E-state index in [1.54, 1.807) is 19.3 Å². The molecule has 1 aromatic heterocycles. The maximum absolute atomic E-state index is 12.4. The van der Waals surface area contributed by atoms with Crippen LogP contribution in [0.3, 0.4) is 0 Å². The number of aryl methyl sites for hydroxylation is 2. The van der Waals surface area contributed by atoms with Crippen LogP contribution in [0.1, 0.15) is 11.1 Å². The zero-order valence-corrected chi connectivity index (χ0v) is 15.5. The van der Waals surface area contributed by atoms with Crippen molar-refractivity contribution >= 4 is 17.3 Å². The smallest absolute Gasteiger partial charge is 0.268 e. The highest BCUT2D eigenvalue weighted by atomic mass is 16.2.